The van der Waals surface area contributed by atoms with Gasteiger partial charge in [-0.25, -0.2) is 0 Å². The van der Waals surface area contributed by atoms with Crippen LogP contribution in [0.4, 0.5) is 0 Å². The van der Waals surface area contributed by atoms with Crippen LogP contribution in [0.2, 0.25) is 0 Å². The molecule has 6 nitrogen and oxygen atoms in total. The first-order chi connectivity index (χ1) is 10.9. The van der Waals surface area contributed by atoms with Crippen LogP contribution in [0.15, 0.2) is 30.3 Å². The van der Waals surface area contributed by atoms with E-state index in [4.69, 9.17) is 0 Å². The van der Waals surface area contributed by atoms with Gasteiger partial charge < -0.3 is 5.32 Å². The molecule has 0 atom stereocenters. The van der Waals surface area contributed by atoms with E-state index in [1.165, 1.54) is 12.8 Å². The van der Waals surface area contributed by atoms with Crippen LogP contribution in [-0.4, -0.2) is 51.3 Å². The molecule has 0 amide bonds. The molecule has 0 aliphatic carbocycles. The Balaban J connectivity index is 1.58. The Labute approximate surface area is 131 Å². The normalized spacial score (nSPS) is 17.0. The summed E-state index contributed by atoms with van der Waals surface area (Å²) in [4.78, 5) is 2.45. The van der Waals surface area contributed by atoms with Gasteiger partial charge in [0.2, 0.25) is 0 Å². The second-order valence-corrected chi connectivity index (χ2v) is 5.87. The Hall–Kier alpha value is -1.79. The number of likely N-dealkylation sites (tertiary alicyclic amines) is 1. The highest BCUT2D eigenvalue weighted by Crippen LogP contribution is 2.18. The van der Waals surface area contributed by atoms with E-state index in [0.717, 1.165) is 50.2 Å². The molecule has 6 heteroatoms. The zero-order valence-corrected chi connectivity index (χ0v) is 13.1. The van der Waals surface area contributed by atoms with Crippen molar-refractivity contribution in [1.29, 1.82) is 0 Å². The summed E-state index contributed by atoms with van der Waals surface area (Å²) < 4.78 is 1.84. The van der Waals surface area contributed by atoms with Gasteiger partial charge in [-0.3, -0.25) is 4.90 Å². The first-order valence-corrected chi connectivity index (χ1v) is 8.12. The van der Waals surface area contributed by atoms with Gasteiger partial charge in [-0.1, -0.05) is 25.1 Å². The number of hydrogen-bond donors (Lipinski definition) is 1. The van der Waals surface area contributed by atoms with Gasteiger partial charge in [0.25, 0.3) is 0 Å². The van der Waals surface area contributed by atoms with Crippen molar-refractivity contribution in [2.75, 3.05) is 26.2 Å². The monoisotopic (exact) mass is 300 g/mol. The van der Waals surface area contributed by atoms with Crippen LogP contribution in [-0.2, 0) is 6.54 Å². The van der Waals surface area contributed by atoms with Crippen LogP contribution in [0.3, 0.4) is 0 Å². The molecule has 1 N–H and O–H groups in total. The lowest BCUT2D eigenvalue weighted by atomic mass is 9.97. The highest BCUT2D eigenvalue weighted by Gasteiger charge is 2.20. The summed E-state index contributed by atoms with van der Waals surface area (Å²) in [6.07, 6.45) is 2.50. The van der Waals surface area contributed by atoms with Crippen molar-refractivity contribution in [1.82, 2.24) is 30.4 Å². The smallest absolute Gasteiger partial charge is 0.170 e. The maximum absolute atomic E-state index is 4.20. The standard InChI is InChI=1S/C16H24N6/c1-2-17-12-14-8-10-21(11-9-14)13-16-18-19-20-22(16)15-6-4-3-5-7-15/h3-7,14,17H,2,8-13H2,1H3. The molecule has 118 valence electrons. The molecule has 1 aromatic heterocycles. The highest BCUT2D eigenvalue weighted by molar-refractivity contribution is 5.30. The molecule has 0 unspecified atom stereocenters. The van der Waals surface area contributed by atoms with Crippen LogP contribution in [0, 0.1) is 5.92 Å². The topological polar surface area (TPSA) is 58.9 Å². The lowest BCUT2D eigenvalue weighted by Gasteiger charge is -2.31. The van der Waals surface area contributed by atoms with Crippen molar-refractivity contribution in [3.05, 3.63) is 36.2 Å². The van der Waals surface area contributed by atoms with Crippen LogP contribution >= 0.6 is 0 Å². The third-order valence-corrected chi connectivity index (χ3v) is 4.29. The maximum Gasteiger partial charge on any atom is 0.170 e. The van der Waals surface area contributed by atoms with Gasteiger partial charge in [0.05, 0.1) is 12.2 Å². The summed E-state index contributed by atoms with van der Waals surface area (Å²) in [5.74, 6) is 1.72. The van der Waals surface area contributed by atoms with Gasteiger partial charge in [0, 0.05) is 0 Å². The van der Waals surface area contributed by atoms with Crippen molar-refractivity contribution in [3.63, 3.8) is 0 Å². The Bertz CT molecular complexity index is 559. The van der Waals surface area contributed by atoms with Gasteiger partial charge in [-0.15, -0.1) is 5.10 Å². The summed E-state index contributed by atoms with van der Waals surface area (Å²) in [6.45, 7) is 7.43. The van der Waals surface area contributed by atoms with Gasteiger partial charge in [-0.05, 0) is 67.5 Å². The third-order valence-electron chi connectivity index (χ3n) is 4.29. The molecule has 22 heavy (non-hydrogen) atoms. The molecule has 0 spiro atoms. The largest absolute Gasteiger partial charge is 0.317 e. The van der Waals surface area contributed by atoms with Gasteiger partial charge in [-0.2, -0.15) is 4.68 Å². The number of tetrazole rings is 1. The van der Waals surface area contributed by atoms with E-state index >= 15 is 0 Å². The van der Waals surface area contributed by atoms with E-state index in [-0.39, 0.29) is 0 Å². The van der Waals surface area contributed by atoms with Crippen molar-refractivity contribution < 1.29 is 0 Å². The van der Waals surface area contributed by atoms with E-state index in [1.54, 1.807) is 0 Å². The molecule has 1 fully saturated rings. The van der Waals surface area contributed by atoms with Crippen molar-refractivity contribution in [2.45, 2.75) is 26.3 Å². The van der Waals surface area contributed by atoms with Crippen molar-refractivity contribution >= 4 is 0 Å². The van der Waals surface area contributed by atoms with Gasteiger partial charge >= 0.3 is 0 Å². The van der Waals surface area contributed by atoms with E-state index in [9.17, 15) is 0 Å². The first-order valence-electron chi connectivity index (χ1n) is 8.12. The lowest BCUT2D eigenvalue weighted by Crippen LogP contribution is -2.37. The summed E-state index contributed by atoms with van der Waals surface area (Å²) >= 11 is 0. The van der Waals surface area contributed by atoms with Crippen molar-refractivity contribution in [2.24, 2.45) is 5.92 Å². The summed E-state index contributed by atoms with van der Waals surface area (Å²) in [7, 11) is 0. The molecular formula is C16H24N6. The molecule has 0 radical (unpaired) electrons. The molecule has 2 heterocycles. The predicted octanol–water partition coefficient (Wildman–Crippen LogP) is 1.48. The minimum absolute atomic E-state index is 0.807. The van der Waals surface area contributed by atoms with E-state index in [2.05, 4.69) is 32.7 Å². The average Bonchev–Trinajstić information content (AvgIpc) is 3.03. The molecule has 1 aliphatic rings. The zero-order chi connectivity index (χ0) is 15.2. The Kier molecular flexibility index (Phi) is 5.13. The molecule has 0 saturated carbocycles. The second kappa shape index (κ2) is 7.47. The minimum Gasteiger partial charge on any atom is -0.317 e. The lowest BCUT2D eigenvalue weighted by molar-refractivity contribution is 0.171. The SMILES string of the molecule is CCNCC1CCN(Cc2nnnn2-c2ccccc2)CC1. The average molecular weight is 300 g/mol. The number of hydrogen-bond acceptors (Lipinski definition) is 5. The first kappa shape index (κ1) is 15.1. The number of para-hydroxylation sites is 1. The fourth-order valence-corrected chi connectivity index (χ4v) is 2.97. The van der Waals surface area contributed by atoms with Crippen LogP contribution in [0.25, 0.3) is 5.69 Å². The predicted molar refractivity (Wildman–Crippen MR) is 85.7 cm³/mol. The number of nitrogens with one attached hydrogen (secondary N) is 1. The molecule has 0 bridgehead atoms. The summed E-state index contributed by atoms with van der Waals surface area (Å²) in [5, 5.41) is 15.6. The third kappa shape index (κ3) is 3.69. The van der Waals surface area contributed by atoms with E-state index in [0.29, 0.717) is 0 Å². The number of nitrogens with zero attached hydrogens (tertiary/aromatic N) is 5. The van der Waals surface area contributed by atoms with Crippen LogP contribution in [0.5, 0.6) is 0 Å². The number of aromatic nitrogens is 4. The molecular weight excluding hydrogens is 276 g/mol. The molecule has 3 rings (SSSR count). The summed E-state index contributed by atoms with van der Waals surface area (Å²) in [6, 6.07) is 10.1. The fraction of sp³-hybridized carbons (Fsp3) is 0.562. The van der Waals surface area contributed by atoms with Gasteiger partial charge in [0.1, 0.15) is 0 Å². The number of piperidine rings is 1. The van der Waals surface area contributed by atoms with Crippen LogP contribution < -0.4 is 5.32 Å². The Morgan fingerprint density at radius 2 is 1.95 bits per heavy atom. The molecule has 1 aliphatic heterocycles. The Morgan fingerprint density at radius 1 is 1.18 bits per heavy atom. The van der Waals surface area contributed by atoms with Gasteiger partial charge in [0.15, 0.2) is 5.82 Å². The van der Waals surface area contributed by atoms with Crippen molar-refractivity contribution in [3.8, 4) is 5.69 Å². The Morgan fingerprint density at radius 3 is 2.68 bits per heavy atom. The summed E-state index contributed by atoms with van der Waals surface area (Å²) in [5.41, 5.74) is 1.02. The van der Waals surface area contributed by atoms with E-state index < -0.39 is 0 Å². The highest BCUT2D eigenvalue weighted by atomic mass is 15.5. The van der Waals surface area contributed by atoms with Crippen LogP contribution in [0.1, 0.15) is 25.6 Å². The molecule has 1 aromatic carbocycles. The molecule has 1 saturated heterocycles. The minimum atomic E-state index is 0.807. The second-order valence-electron chi connectivity index (χ2n) is 5.87. The zero-order valence-electron chi connectivity index (χ0n) is 13.1. The number of benzene rings is 1. The quantitative estimate of drug-likeness (QED) is 0.876. The maximum atomic E-state index is 4.20. The number of rotatable bonds is 6. The fourth-order valence-electron chi connectivity index (χ4n) is 2.97. The van der Waals surface area contributed by atoms with E-state index in [1.807, 2.05) is 35.0 Å². The molecule has 2 aromatic rings.